The number of hydrogen-bond acceptors (Lipinski definition) is 5. The van der Waals surface area contributed by atoms with E-state index in [0.29, 0.717) is 24.7 Å². The van der Waals surface area contributed by atoms with Gasteiger partial charge < -0.3 is 19.6 Å². The molecule has 0 aliphatic carbocycles. The molecule has 1 aromatic carbocycles. The molecule has 1 saturated heterocycles. The minimum Gasteiger partial charge on any atom is -0.464 e. The van der Waals surface area contributed by atoms with E-state index in [4.69, 9.17) is 4.74 Å². The van der Waals surface area contributed by atoms with Crippen LogP contribution in [0.4, 0.5) is 5.69 Å². The summed E-state index contributed by atoms with van der Waals surface area (Å²) in [5.41, 5.74) is 3.58. The molecule has 8 heteroatoms. The highest BCUT2D eigenvalue weighted by molar-refractivity contribution is 6.11. The van der Waals surface area contributed by atoms with Gasteiger partial charge in [0, 0.05) is 48.2 Å². The van der Waals surface area contributed by atoms with Crippen molar-refractivity contribution < 1.29 is 14.3 Å². The Morgan fingerprint density at radius 3 is 2.79 bits per heavy atom. The van der Waals surface area contributed by atoms with Gasteiger partial charge in [0.1, 0.15) is 5.69 Å². The molecule has 8 nitrogen and oxygen atoms in total. The van der Waals surface area contributed by atoms with Crippen molar-refractivity contribution in [2.75, 3.05) is 25.5 Å². The number of aromatic nitrogens is 2. The third-order valence-electron chi connectivity index (χ3n) is 7.03. The highest BCUT2D eigenvalue weighted by Gasteiger charge is 2.37. The van der Waals surface area contributed by atoms with Crippen LogP contribution in [-0.2, 0) is 16.1 Å². The maximum Gasteiger partial charge on any atom is 0.356 e. The van der Waals surface area contributed by atoms with Gasteiger partial charge in [-0.1, -0.05) is 17.7 Å². The lowest BCUT2D eigenvalue weighted by Gasteiger charge is -2.44. The summed E-state index contributed by atoms with van der Waals surface area (Å²) in [6, 6.07) is 10.8. The second-order valence-electron chi connectivity index (χ2n) is 9.23. The number of pyridine rings is 1. The second kappa shape index (κ2) is 8.19. The molecule has 2 aliphatic heterocycles. The summed E-state index contributed by atoms with van der Waals surface area (Å²) in [6.45, 7) is 6.01. The molecule has 2 bridgehead atoms. The number of benzene rings is 1. The summed E-state index contributed by atoms with van der Waals surface area (Å²) in [7, 11) is 1.32. The Kier molecular flexibility index (Phi) is 5.32. The molecule has 3 atom stereocenters. The lowest BCUT2D eigenvalue weighted by atomic mass is 9.82. The van der Waals surface area contributed by atoms with Gasteiger partial charge in [0.15, 0.2) is 0 Å². The molecule has 172 valence electrons. The molecule has 2 N–H and O–H groups in total. The number of carbonyl (C=O) groups is 2. The number of ether oxygens (including phenoxy) is 1. The molecule has 0 radical (unpaired) electrons. The van der Waals surface area contributed by atoms with E-state index in [-0.39, 0.29) is 23.1 Å². The Morgan fingerprint density at radius 2 is 2.00 bits per heavy atom. The molecule has 2 aromatic heterocycles. The monoisotopic (exact) mass is 448 g/mol. The Bertz CT molecular complexity index is 1310. The SMILES string of the molecule is COC(=O)c1[nH]c2ccc(C)cc2c1NC(=O)[C@H](C)N1C[C@H]2C[C@@H](C1)c1cccc(=O)n1C2. The molecule has 0 unspecified atom stereocenters. The topological polar surface area (TPSA) is 96.4 Å². The quantitative estimate of drug-likeness (QED) is 0.599. The number of aryl methyl sites for hydroxylation is 1. The van der Waals surface area contributed by atoms with Crippen molar-refractivity contribution in [2.45, 2.75) is 38.8 Å². The number of carbonyl (C=O) groups excluding carboxylic acids is 2. The largest absolute Gasteiger partial charge is 0.464 e. The fraction of sp³-hybridized carbons (Fsp3) is 0.400. The lowest BCUT2D eigenvalue weighted by molar-refractivity contribution is -0.121. The summed E-state index contributed by atoms with van der Waals surface area (Å²) in [4.78, 5) is 43.3. The minimum absolute atomic E-state index is 0.0476. The van der Waals surface area contributed by atoms with Gasteiger partial charge in [0.25, 0.3) is 5.56 Å². The van der Waals surface area contributed by atoms with Gasteiger partial charge in [-0.25, -0.2) is 4.79 Å². The average molecular weight is 449 g/mol. The molecule has 4 heterocycles. The van der Waals surface area contributed by atoms with Crippen LogP contribution in [0.1, 0.15) is 41.0 Å². The zero-order chi connectivity index (χ0) is 23.3. The Labute approximate surface area is 191 Å². The van der Waals surface area contributed by atoms with E-state index in [1.807, 2.05) is 48.7 Å². The summed E-state index contributed by atoms with van der Waals surface area (Å²) in [5.74, 6) is -0.148. The lowest BCUT2D eigenvalue weighted by Crippen LogP contribution is -2.52. The van der Waals surface area contributed by atoms with Crippen molar-refractivity contribution in [3.8, 4) is 0 Å². The van der Waals surface area contributed by atoms with Crippen LogP contribution in [-0.4, -0.2) is 52.6 Å². The van der Waals surface area contributed by atoms with Crippen molar-refractivity contribution in [2.24, 2.45) is 5.92 Å². The highest BCUT2D eigenvalue weighted by Crippen LogP contribution is 2.36. The smallest absolute Gasteiger partial charge is 0.356 e. The third kappa shape index (κ3) is 3.74. The van der Waals surface area contributed by atoms with Crippen LogP contribution in [0, 0.1) is 12.8 Å². The fourth-order valence-corrected chi connectivity index (χ4v) is 5.33. The van der Waals surface area contributed by atoms with E-state index in [9.17, 15) is 14.4 Å². The first-order valence-corrected chi connectivity index (χ1v) is 11.3. The van der Waals surface area contributed by atoms with E-state index in [1.165, 1.54) is 7.11 Å². The molecular weight excluding hydrogens is 420 g/mol. The normalized spacial score (nSPS) is 20.8. The minimum atomic E-state index is -0.527. The number of amides is 1. The van der Waals surface area contributed by atoms with Crippen LogP contribution in [0.3, 0.4) is 0 Å². The zero-order valence-electron chi connectivity index (χ0n) is 19.1. The van der Waals surface area contributed by atoms with Crippen LogP contribution in [0.15, 0.2) is 41.2 Å². The number of nitrogens with zero attached hydrogens (tertiary/aromatic N) is 2. The van der Waals surface area contributed by atoms with Gasteiger partial charge in [-0.05, 0) is 44.4 Å². The van der Waals surface area contributed by atoms with Crippen molar-refractivity contribution in [1.82, 2.24) is 14.5 Å². The summed E-state index contributed by atoms with van der Waals surface area (Å²) in [5, 5.41) is 3.78. The molecule has 2 aliphatic rings. The first-order valence-electron chi connectivity index (χ1n) is 11.3. The number of likely N-dealkylation sites (tertiary alicyclic amines) is 1. The number of H-pyrrole nitrogens is 1. The van der Waals surface area contributed by atoms with Gasteiger partial charge in [-0.3, -0.25) is 14.5 Å². The number of aromatic amines is 1. The van der Waals surface area contributed by atoms with E-state index < -0.39 is 12.0 Å². The first-order chi connectivity index (χ1) is 15.9. The summed E-state index contributed by atoms with van der Waals surface area (Å²) >= 11 is 0. The first kappa shape index (κ1) is 21.5. The second-order valence-corrected chi connectivity index (χ2v) is 9.23. The number of piperidine rings is 1. The van der Waals surface area contributed by atoms with Crippen LogP contribution in [0.25, 0.3) is 10.9 Å². The highest BCUT2D eigenvalue weighted by atomic mass is 16.5. The van der Waals surface area contributed by atoms with Crippen LogP contribution in [0.2, 0.25) is 0 Å². The summed E-state index contributed by atoms with van der Waals surface area (Å²) in [6.07, 6.45) is 1.03. The van der Waals surface area contributed by atoms with Crippen LogP contribution in [0.5, 0.6) is 0 Å². The number of anilines is 1. The van der Waals surface area contributed by atoms with Crippen molar-refractivity contribution >= 4 is 28.5 Å². The predicted molar refractivity (Wildman–Crippen MR) is 126 cm³/mol. The molecule has 3 aromatic rings. The number of nitrogens with one attached hydrogen (secondary N) is 2. The van der Waals surface area contributed by atoms with Crippen molar-refractivity contribution in [1.29, 1.82) is 0 Å². The fourth-order valence-electron chi connectivity index (χ4n) is 5.33. The molecule has 1 fully saturated rings. The Morgan fingerprint density at radius 1 is 1.18 bits per heavy atom. The molecule has 5 rings (SSSR count). The number of rotatable bonds is 4. The molecule has 33 heavy (non-hydrogen) atoms. The van der Waals surface area contributed by atoms with E-state index in [0.717, 1.165) is 35.1 Å². The van der Waals surface area contributed by atoms with Gasteiger partial charge >= 0.3 is 5.97 Å². The zero-order valence-corrected chi connectivity index (χ0v) is 19.1. The molecule has 0 spiro atoms. The molecular formula is C25H28N4O4. The number of hydrogen-bond donors (Lipinski definition) is 2. The molecule has 1 amide bonds. The maximum absolute atomic E-state index is 13.3. The van der Waals surface area contributed by atoms with Crippen molar-refractivity contribution in [3.63, 3.8) is 0 Å². The van der Waals surface area contributed by atoms with Gasteiger partial charge in [0.05, 0.1) is 18.8 Å². The standard InChI is InChI=1S/C25H28N4O4/c1-14-7-8-19-18(9-14)22(23(26-19)25(32)33-3)27-24(31)15(2)28-11-16-10-17(13-28)20-5-4-6-21(30)29(20)12-16/h4-9,15-17,26H,10-13H2,1-3H3,(H,27,31)/t15-,16+,17-/m0/s1. The van der Waals surface area contributed by atoms with E-state index in [1.54, 1.807) is 6.07 Å². The van der Waals surface area contributed by atoms with Gasteiger partial charge in [-0.15, -0.1) is 0 Å². The van der Waals surface area contributed by atoms with Crippen LogP contribution < -0.4 is 10.9 Å². The van der Waals surface area contributed by atoms with Gasteiger partial charge in [-0.2, -0.15) is 0 Å². The maximum atomic E-state index is 13.3. The third-order valence-corrected chi connectivity index (χ3v) is 7.03. The number of methoxy groups -OCH3 is 1. The van der Waals surface area contributed by atoms with Crippen molar-refractivity contribution in [3.05, 3.63) is 63.7 Å². The Balaban J connectivity index is 1.40. The molecule has 0 saturated carbocycles. The summed E-state index contributed by atoms with van der Waals surface area (Å²) < 4.78 is 6.82. The van der Waals surface area contributed by atoms with Crippen LogP contribution >= 0.6 is 0 Å². The average Bonchev–Trinajstić information content (AvgIpc) is 3.16. The number of fused-ring (bicyclic) bond motifs is 5. The predicted octanol–water partition coefficient (Wildman–Crippen LogP) is 2.87. The Hall–Kier alpha value is -3.39. The van der Waals surface area contributed by atoms with E-state index >= 15 is 0 Å². The number of esters is 1. The van der Waals surface area contributed by atoms with E-state index in [2.05, 4.69) is 15.2 Å². The van der Waals surface area contributed by atoms with Gasteiger partial charge in [0.2, 0.25) is 5.91 Å².